The van der Waals surface area contributed by atoms with Crippen LogP contribution < -0.4 is 5.01 Å². The summed E-state index contributed by atoms with van der Waals surface area (Å²) in [6.07, 6.45) is 11.4. The normalized spacial score (nSPS) is 14.7. The van der Waals surface area contributed by atoms with Crippen molar-refractivity contribution < 1.29 is 0 Å². The molecule has 1 aliphatic rings. The molecule has 1 aromatic heterocycles. The van der Waals surface area contributed by atoms with Crippen molar-refractivity contribution in [2.45, 2.75) is 19.4 Å². The summed E-state index contributed by atoms with van der Waals surface area (Å²) in [7, 11) is 0. The van der Waals surface area contributed by atoms with Gasteiger partial charge in [0, 0.05) is 48.4 Å². The van der Waals surface area contributed by atoms with Gasteiger partial charge in [-0.3, -0.25) is 4.98 Å². The van der Waals surface area contributed by atoms with Crippen LogP contribution in [0.4, 0.5) is 5.69 Å². The fourth-order valence-electron chi connectivity index (χ4n) is 3.72. The Balaban J connectivity index is 1.72. The maximum Gasteiger partial charge on any atom is 0.0998 e. The Labute approximate surface area is 159 Å². The molecule has 1 aliphatic heterocycles. The maximum atomic E-state index is 9.44. The minimum absolute atomic E-state index is 0.712. The molecule has 4 heteroatoms. The lowest BCUT2D eigenvalue weighted by molar-refractivity contribution is 0.205. The van der Waals surface area contributed by atoms with E-state index in [2.05, 4.69) is 39.1 Å². The topological polar surface area (TPSA) is 43.2 Å². The average Bonchev–Trinajstić information content (AvgIpc) is 2.73. The van der Waals surface area contributed by atoms with Gasteiger partial charge in [0.25, 0.3) is 0 Å². The van der Waals surface area contributed by atoms with Crippen LogP contribution in [0.25, 0.3) is 10.8 Å². The molecule has 2 aromatic carbocycles. The van der Waals surface area contributed by atoms with E-state index in [0.29, 0.717) is 5.56 Å². The number of benzene rings is 2. The molecule has 1 saturated heterocycles. The first-order chi connectivity index (χ1) is 13.3. The Morgan fingerprint density at radius 3 is 2.67 bits per heavy atom. The van der Waals surface area contributed by atoms with E-state index in [0.717, 1.165) is 60.1 Å². The Hall–Kier alpha value is -3.34. The van der Waals surface area contributed by atoms with Crippen LogP contribution in [0.15, 0.2) is 54.9 Å². The zero-order chi connectivity index (χ0) is 18.6. The molecule has 27 heavy (non-hydrogen) atoms. The van der Waals surface area contributed by atoms with Gasteiger partial charge in [0.1, 0.15) is 0 Å². The van der Waals surface area contributed by atoms with E-state index in [1.54, 1.807) is 6.20 Å². The zero-order valence-corrected chi connectivity index (χ0v) is 15.1. The largest absolute Gasteiger partial charge is 0.305 e. The summed E-state index contributed by atoms with van der Waals surface area (Å²) in [4.78, 5) is 4.27. The number of nitrogens with zero attached hydrogens (tertiary/aromatic N) is 4. The van der Waals surface area contributed by atoms with Crippen molar-refractivity contribution in [1.29, 1.82) is 5.26 Å². The van der Waals surface area contributed by atoms with Gasteiger partial charge < -0.3 is 5.01 Å². The first-order valence-electron chi connectivity index (χ1n) is 9.15. The molecule has 0 bridgehead atoms. The summed E-state index contributed by atoms with van der Waals surface area (Å²) in [5, 5.41) is 16.2. The van der Waals surface area contributed by atoms with E-state index in [1.807, 2.05) is 36.5 Å². The van der Waals surface area contributed by atoms with Crippen molar-refractivity contribution in [2.24, 2.45) is 0 Å². The number of anilines is 1. The monoisotopic (exact) mass is 352 g/mol. The SMILES string of the molecule is C#Cc1cncc(CN2CCCCN2c2ccc(C#N)c3ccccc23)c1. The van der Waals surface area contributed by atoms with E-state index in [9.17, 15) is 5.26 Å². The Kier molecular flexibility index (Phi) is 4.75. The molecule has 132 valence electrons. The van der Waals surface area contributed by atoms with Crippen LogP contribution >= 0.6 is 0 Å². The molecular weight excluding hydrogens is 332 g/mol. The number of pyridine rings is 1. The van der Waals surface area contributed by atoms with Gasteiger partial charge in [-0.15, -0.1) is 6.42 Å². The lowest BCUT2D eigenvalue weighted by Gasteiger charge is -2.41. The van der Waals surface area contributed by atoms with Crippen LogP contribution in [-0.4, -0.2) is 23.1 Å². The fraction of sp³-hybridized carbons (Fsp3) is 0.217. The number of hydrogen-bond acceptors (Lipinski definition) is 4. The van der Waals surface area contributed by atoms with Gasteiger partial charge in [0.2, 0.25) is 0 Å². The van der Waals surface area contributed by atoms with Gasteiger partial charge in [-0.2, -0.15) is 5.26 Å². The predicted octanol–water partition coefficient (Wildman–Crippen LogP) is 4.11. The Morgan fingerprint density at radius 2 is 1.85 bits per heavy atom. The predicted molar refractivity (Wildman–Crippen MR) is 108 cm³/mol. The maximum absolute atomic E-state index is 9.44. The lowest BCUT2D eigenvalue weighted by Crippen LogP contribution is -2.47. The molecule has 0 spiro atoms. The van der Waals surface area contributed by atoms with Crippen LogP contribution in [0.1, 0.15) is 29.5 Å². The van der Waals surface area contributed by atoms with Gasteiger partial charge in [-0.1, -0.05) is 30.2 Å². The third-order valence-electron chi connectivity index (χ3n) is 5.00. The number of fused-ring (bicyclic) bond motifs is 1. The van der Waals surface area contributed by atoms with Gasteiger partial charge in [-0.25, -0.2) is 5.01 Å². The summed E-state index contributed by atoms with van der Waals surface area (Å²) < 4.78 is 0. The highest BCUT2D eigenvalue weighted by molar-refractivity contribution is 5.97. The smallest absolute Gasteiger partial charge is 0.0998 e. The molecule has 0 atom stereocenters. The molecule has 4 nitrogen and oxygen atoms in total. The number of hydrazine groups is 1. The minimum atomic E-state index is 0.712. The Bertz CT molecular complexity index is 1060. The molecule has 0 aliphatic carbocycles. The van der Waals surface area contributed by atoms with Crippen LogP contribution in [0.5, 0.6) is 0 Å². The lowest BCUT2D eigenvalue weighted by atomic mass is 10.0. The van der Waals surface area contributed by atoms with Crippen molar-refractivity contribution in [2.75, 3.05) is 18.1 Å². The van der Waals surface area contributed by atoms with E-state index in [1.165, 1.54) is 0 Å². The van der Waals surface area contributed by atoms with Crippen LogP contribution in [0, 0.1) is 23.7 Å². The summed E-state index contributed by atoms with van der Waals surface area (Å²) in [6, 6.07) is 16.4. The van der Waals surface area contributed by atoms with Crippen molar-refractivity contribution in [3.05, 3.63) is 71.5 Å². The number of rotatable bonds is 3. The highest BCUT2D eigenvalue weighted by atomic mass is 15.6. The molecule has 0 saturated carbocycles. The number of aromatic nitrogens is 1. The molecule has 4 rings (SSSR count). The number of nitriles is 1. The summed E-state index contributed by atoms with van der Waals surface area (Å²) in [6.45, 7) is 2.70. The van der Waals surface area contributed by atoms with E-state index in [-0.39, 0.29) is 0 Å². The van der Waals surface area contributed by atoms with Crippen LogP contribution in [-0.2, 0) is 6.54 Å². The molecule has 2 heterocycles. The van der Waals surface area contributed by atoms with Gasteiger partial charge >= 0.3 is 0 Å². The molecule has 3 aromatic rings. The van der Waals surface area contributed by atoms with Gasteiger partial charge in [0.15, 0.2) is 0 Å². The third-order valence-corrected chi connectivity index (χ3v) is 5.00. The number of terminal acetylenes is 1. The first-order valence-corrected chi connectivity index (χ1v) is 9.15. The average molecular weight is 352 g/mol. The van der Waals surface area contributed by atoms with Crippen molar-refractivity contribution >= 4 is 16.5 Å². The quantitative estimate of drug-likeness (QED) is 0.666. The second-order valence-corrected chi connectivity index (χ2v) is 6.73. The minimum Gasteiger partial charge on any atom is -0.305 e. The summed E-state index contributed by atoms with van der Waals surface area (Å²) >= 11 is 0. The molecule has 1 fully saturated rings. The van der Waals surface area contributed by atoms with Crippen LogP contribution in [0.3, 0.4) is 0 Å². The Morgan fingerprint density at radius 1 is 1.04 bits per heavy atom. The molecule has 0 N–H and O–H groups in total. The third kappa shape index (κ3) is 3.36. The van der Waals surface area contributed by atoms with E-state index in [4.69, 9.17) is 6.42 Å². The first kappa shape index (κ1) is 17.1. The van der Waals surface area contributed by atoms with E-state index >= 15 is 0 Å². The van der Waals surface area contributed by atoms with E-state index < -0.39 is 0 Å². The van der Waals surface area contributed by atoms with Crippen LogP contribution in [0.2, 0.25) is 0 Å². The molecule has 0 radical (unpaired) electrons. The molecular formula is C23H20N4. The summed E-state index contributed by atoms with van der Waals surface area (Å²) in [5.41, 5.74) is 3.77. The number of hydrogen-bond donors (Lipinski definition) is 0. The standard InChI is InChI=1S/C23H20N4/c1-2-18-13-19(16-25-15-18)17-26-11-5-6-12-27(26)23-10-9-20(14-24)21-7-3-4-8-22(21)23/h1,3-4,7-10,13,15-16H,5-6,11-12,17H2. The molecule has 0 unspecified atom stereocenters. The second kappa shape index (κ2) is 7.50. The second-order valence-electron chi connectivity index (χ2n) is 6.73. The van der Waals surface area contributed by atoms with Crippen molar-refractivity contribution in [3.63, 3.8) is 0 Å². The summed E-state index contributed by atoms with van der Waals surface area (Å²) in [5.74, 6) is 2.66. The molecule has 0 amide bonds. The highest BCUT2D eigenvalue weighted by Crippen LogP contribution is 2.32. The zero-order valence-electron chi connectivity index (χ0n) is 15.1. The van der Waals surface area contributed by atoms with Gasteiger partial charge in [0.05, 0.1) is 17.3 Å². The van der Waals surface area contributed by atoms with Gasteiger partial charge in [-0.05, 0) is 36.6 Å². The fourth-order valence-corrected chi connectivity index (χ4v) is 3.72. The van der Waals surface area contributed by atoms with Crippen molar-refractivity contribution in [1.82, 2.24) is 9.99 Å². The highest BCUT2D eigenvalue weighted by Gasteiger charge is 2.22. The van der Waals surface area contributed by atoms with Crippen molar-refractivity contribution in [3.8, 4) is 18.4 Å².